The highest BCUT2D eigenvalue weighted by molar-refractivity contribution is 8.00. The molecule has 25 heavy (non-hydrogen) atoms. The van der Waals surface area contributed by atoms with Crippen LogP contribution in [-0.2, 0) is 4.79 Å². The summed E-state index contributed by atoms with van der Waals surface area (Å²) >= 11 is 1.16. The fraction of sp³-hybridized carbons (Fsp3) is 0.167. The van der Waals surface area contributed by atoms with Crippen LogP contribution in [0, 0.1) is 0 Å². The van der Waals surface area contributed by atoms with Crippen LogP contribution >= 0.6 is 11.8 Å². The van der Waals surface area contributed by atoms with Gasteiger partial charge in [-0.1, -0.05) is 48.2 Å². The van der Waals surface area contributed by atoms with Gasteiger partial charge in [0.25, 0.3) is 5.56 Å². The van der Waals surface area contributed by atoms with Gasteiger partial charge in [0.15, 0.2) is 5.16 Å². The number of nitrogens with one attached hydrogen (secondary N) is 2. The lowest BCUT2D eigenvalue weighted by Crippen LogP contribution is -2.23. The van der Waals surface area contributed by atoms with Crippen LogP contribution < -0.4 is 15.6 Å². The number of carbonyl (C=O) groups excluding carboxylic acids is 1. The minimum atomic E-state index is -0.450. The van der Waals surface area contributed by atoms with Crippen molar-refractivity contribution in [2.24, 2.45) is 0 Å². The van der Waals surface area contributed by atoms with Crippen molar-refractivity contribution in [3.8, 4) is 5.88 Å². The summed E-state index contributed by atoms with van der Waals surface area (Å²) in [6.45, 7) is 1.75. The molecular formula is C18H17N3O3S. The van der Waals surface area contributed by atoms with E-state index in [1.54, 1.807) is 6.92 Å². The molecule has 3 rings (SSSR count). The van der Waals surface area contributed by atoms with Crippen molar-refractivity contribution < 1.29 is 9.53 Å². The highest BCUT2D eigenvalue weighted by atomic mass is 32.2. The molecule has 0 saturated carbocycles. The summed E-state index contributed by atoms with van der Waals surface area (Å²) in [5.41, 5.74) is 0.429. The lowest BCUT2D eigenvalue weighted by Gasteiger charge is -2.13. The van der Waals surface area contributed by atoms with E-state index in [9.17, 15) is 9.59 Å². The van der Waals surface area contributed by atoms with Crippen molar-refractivity contribution in [3.05, 3.63) is 58.9 Å². The number of hydrogen-bond acceptors (Lipinski definition) is 5. The highest BCUT2D eigenvalue weighted by Crippen LogP contribution is 2.25. The number of carbonyl (C=O) groups is 1. The molecule has 1 amide bonds. The fourth-order valence-electron chi connectivity index (χ4n) is 2.36. The summed E-state index contributed by atoms with van der Waals surface area (Å²) in [5, 5.41) is 4.86. The summed E-state index contributed by atoms with van der Waals surface area (Å²) in [6.07, 6.45) is 0. The van der Waals surface area contributed by atoms with E-state index in [4.69, 9.17) is 4.74 Å². The topological polar surface area (TPSA) is 84.1 Å². The molecule has 0 aliphatic heterocycles. The largest absolute Gasteiger partial charge is 0.481 e. The van der Waals surface area contributed by atoms with Gasteiger partial charge in [-0.2, -0.15) is 4.98 Å². The monoisotopic (exact) mass is 355 g/mol. The Kier molecular flexibility index (Phi) is 5.04. The number of ether oxygens (including phenoxy) is 1. The van der Waals surface area contributed by atoms with Crippen LogP contribution in [0.2, 0.25) is 0 Å². The minimum Gasteiger partial charge on any atom is -0.481 e. The normalized spacial score (nSPS) is 11.9. The van der Waals surface area contributed by atoms with Gasteiger partial charge in [-0.3, -0.25) is 9.59 Å². The predicted octanol–water partition coefficient (Wildman–Crippen LogP) is 3.05. The third-order valence-corrected chi connectivity index (χ3v) is 4.59. The molecule has 3 aromatic rings. The molecule has 0 unspecified atom stereocenters. The van der Waals surface area contributed by atoms with Crippen LogP contribution in [0.25, 0.3) is 10.8 Å². The van der Waals surface area contributed by atoms with Crippen molar-refractivity contribution in [2.75, 3.05) is 12.4 Å². The fourth-order valence-corrected chi connectivity index (χ4v) is 3.17. The van der Waals surface area contributed by atoms with Crippen molar-refractivity contribution >= 4 is 34.1 Å². The third-order valence-electron chi connectivity index (χ3n) is 3.61. The maximum absolute atomic E-state index is 12.5. The van der Waals surface area contributed by atoms with Gasteiger partial charge in [0.2, 0.25) is 11.8 Å². The molecular weight excluding hydrogens is 338 g/mol. The zero-order chi connectivity index (χ0) is 17.8. The number of H-pyrrole nitrogens is 1. The van der Waals surface area contributed by atoms with Gasteiger partial charge >= 0.3 is 0 Å². The molecule has 0 spiro atoms. The Morgan fingerprint density at radius 2 is 2.00 bits per heavy atom. The number of amides is 1. The van der Waals surface area contributed by atoms with E-state index in [0.29, 0.717) is 5.16 Å². The number of thioether (sulfide) groups is 1. The average Bonchev–Trinajstić information content (AvgIpc) is 2.61. The molecule has 6 nitrogen and oxygen atoms in total. The first-order chi connectivity index (χ1) is 12.1. The SMILES string of the molecule is COc1cc(=O)[nH]c(S[C@H](C)C(=O)Nc2cccc3ccccc23)n1. The van der Waals surface area contributed by atoms with Gasteiger partial charge in [-0.25, -0.2) is 0 Å². The molecule has 0 bridgehead atoms. The number of aromatic amines is 1. The number of hydrogen-bond donors (Lipinski definition) is 2. The second-order valence-corrected chi connectivity index (χ2v) is 6.70. The molecule has 0 radical (unpaired) electrons. The number of aromatic nitrogens is 2. The van der Waals surface area contributed by atoms with E-state index in [1.165, 1.54) is 13.2 Å². The van der Waals surface area contributed by atoms with Crippen LogP contribution in [0.15, 0.2) is 58.5 Å². The lowest BCUT2D eigenvalue weighted by atomic mass is 10.1. The first-order valence-corrected chi connectivity index (χ1v) is 8.55. The van der Waals surface area contributed by atoms with Crippen molar-refractivity contribution in [3.63, 3.8) is 0 Å². The second kappa shape index (κ2) is 7.40. The summed E-state index contributed by atoms with van der Waals surface area (Å²) in [5.74, 6) is 0.0414. The highest BCUT2D eigenvalue weighted by Gasteiger charge is 2.17. The Labute approximate surface area is 148 Å². The number of rotatable bonds is 5. The predicted molar refractivity (Wildman–Crippen MR) is 99.3 cm³/mol. The van der Waals surface area contributed by atoms with Crippen molar-refractivity contribution in [2.45, 2.75) is 17.3 Å². The van der Waals surface area contributed by atoms with Gasteiger partial charge in [0.05, 0.1) is 18.4 Å². The Morgan fingerprint density at radius 3 is 2.80 bits per heavy atom. The Morgan fingerprint density at radius 1 is 1.24 bits per heavy atom. The van der Waals surface area contributed by atoms with E-state index in [-0.39, 0.29) is 17.3 Å². The Balaban J connectivity index is 1.76. The maximum atomic E-state index is 12.5. The Hall–Kier alpha value is -2.80. The minimum absolute atomic E-state index is 0.174. The zero-order valence-electron chi connectivity index (χ0n) is 13.8. The molecule has 1 atom stereocenters. The molecule has 1 aromatic heterocycles. The van der Waals surface area contributed by atoms with E-state index in [0.717, 1.165) is 28.2 Å². The molecule has 128 valence electrons. The van der Waals surface area contributed by atoms with E-state index in [1.807, 2.05) is 42.5 Å². The zero-order valence-corrected chi connectivity index (χ0v) is 14.6. The molecule has 0 aliphatic carbocycles. The summed E-state index contributed by atoms with van der Waals surface area (Å²) in [7, 11) is 1.44. The summed E-state index contributed by atoms with van der Waals surface area (Å²) in [6, 6.07) is 14.9. The molecule has 7 heteroatoms. The number of methoxy groups -OCH3 is 1. The molecule has 2 N–H and O–H groups in total. The first kappa shape index (κ1) is 17.0. The van der Waals surface area contributed by atoms with Crippen LogP contribution in [-0.4, -0.2) is 28.2 Å². The molecule has 2 aromatic carbocycles. The van der Waals surface area contributed by atoms with Crippen molar-refractivity contribution in [1.29, 1.82) is 0 Å². The summed E-state index contributed by atoms with van der Waals surface area (Å²) in [4.78, 5) is 30.8. The van der Waals surface area contributed by atoms with E-state index in [2.05, 4.69) is 15.3 Å². The standard InChI is InChI=1S/C18H17N3O3S/c1-11(25-18-20-15(22)10-16(21-18)24-2)17(23)19-14-9-5-7-12-6-3-4-8-13(12)14/h3-11H,1-2H3,(H,19,23)(H,20,21,22)/t11-/m1/s1. The lowest BCUT2D eigenvalue weighted by molar-refractivity contribution is -0.115. The molecule has 0 aliphatic rings. The van der Waals surface area contributed by atoms with Crippen LogP contribution in [0.4, 0.5) is 5.69 Å². The number of fused-ring (bicyclic) bond motifs is 1. The molecule has 0 saturated heterocycles. The van der Waals surface area contributed by atoms with Crippen LogP contribution in [0.3, 0.4) is 0 Å². The average molecular weight is 355 g/mol. The third kappa shape index (κ3) is 4.00. The smallest absolute Gasteiger partial charge is 0.255 e. The van der Waals surface area contributed by atoms with Gasteiger partial charge < -0.3 is 15.0 Å². The second-order valence-electron chi connectivity index (χ2n) is 5.37. The molecule has 0 fully saturated rings. The van der Waals surface area contributed by atoms with Gasteiger partial charge in [-0.15, -0.1) is 0 Å². The van der Waals surface area contributed by atoms with E-state index < -0.39 is 5.25 Å². The first-order valence-electron chi connectivity index (χ1n) is 7.67. The quantitative estimate of drug-likeness (QED) is 0.543. The number of nitrogens with zero attached hydrogens (tertiary/aromatic N) is 1. The van der Waals surface area contributed by atoms with Crippen LogP contribution in [0.1, 0.15) is 6.92 Å². The van der Waals surface area contributed by atoms with Crippen molar-refractivity contribution in [1.82, 2.24) is 9.97 Å². The van der Waals surface area contributed by atoms with Gasteiger partial charge in [-0.05, 0) is 18.4 Å². The number of anilines is 1. The Bertz CT molecular complexity index is 966. The molecule has 1 heterocycles. The summed E-state index contributed by atoms with van der Waals surface area (Å²) < 4.78 is 4.98. The van der Waals surface area contributed by atoms with Gasteiger partial charge in [0, 0.05) is 11.1 Å². The maximum Gasteiger partial charge on any atom is 0.255 e. The number of benzene rings is 2. The van der Waals surface area contributed by atoms with E-state index >= 15 is 0 Å². The van der Waals surface area contributed by atoms with Crippen LogP contribution in [0.5, 0.6) is 5.88 Å². The van der Waals surface area contributed by atoms with Gasteiger partial charge in [0.1, 0.15) is 0 Å².